The van der Waals surface area contributed by atoms with Crippen LogP contribution in [0.3, 0.4) is 0 Å². The fourth-order valence-corrected chi connectivity index (χ4v) is 3.95. The molecule has 0 aliphatic rings. The lowest BCUT2D eigenvalue weighted by molar-refractivity contribution is -0.117. The summed E-state index contributed by atoms with van der Waals surface area (Å²) in [7, 11) is -2.31. The molecule has 2 rings (SSSR count). The molecule has 6 nitrogen and oxygen atoms in total. The third-order valence-electron chi connectivity index (χ3n) is 4.34. The van der Waals surface area contributed by atoms with E-state index >= 15 is 0 Å². The Balaban J connectivity index is 2.16. The minimum Gasteiger partial charge on any atom is -0.497 e. The molecule has 0 radical (unpaired) electrons. The normalized spacial score (nSPS) is 12.4. The molecule has 0 saturated heterocycles. The Morgan fingerprint density at radius 1 is 1.04 bits per heavy atom. The first-order valence-electron chi connectivity index (χ1n) is 8.90. The Hall–Kier alpha value is -2.38. The molecule has 146 valence electrons. The van der Waals surface area contributed by atoms with E-state index in [1.54, 1.807) is 12.1 Å². The molecule has 0 spiro atoms. The third kappa shape index (κ3) is 5.08. The number of carbonyl (C=O) groups is 1. The summed E-state index contributed by atoms with van der Waals surface area (Å²) in [6.45, 7) is 5.55. The van der Waals surface area contributed by atoms with Crippen molar-refractivity contribution in [3.05, 3.63) is 53.6 Å². The van der Waals surface area contributed by atoms with E-state index < -0.39 is 22.0 Å². The molecule has 0 aliphatic carbocycles. The van der Waals surface area contributed by atoms with Gasteiger partial charge in [0.1, 0.15) is 5.75 Å². The van der Waals surface area contributed by atoms with Gasteiger partial charge in [-0.2, -0.15) is 4.72 Å². The van der Waals surface area contributed by atoms with E-state index in [-0.39, 0.29) is 4.90 Å². The van der Waals surface area contributed by atoms with Crippen molar-refractivity contribution in [1.82, 2.24) is 4.72 Å². The quantitative estimate of drug-likeness (QED) is 0.725. The second-order valence-corrected chi connectivity index (χ2v) is 7.88. The molecular weight excluding hydrogens is 364 g/mol. The molecule has 27 heavy (non-hydrogen) atoms. The lowest BCUT2D eigenvalue weighted by Gasteiger charge is -2.18. The van der Waals surface area contributed by atoms with Crippen LogP contribution >= 0.6 is 0 Å². The van der Waals surface area contributed by atoms with Gasteiger partial charge in [0.05, 0.1) is 18.0 Å². The zero-order valence-electron chi connectivity index (χ0n) is 16.1. The highest BCUT2D eigenvalue weighted by Crippen LogP contribution is 2.23. The van der Waals surface area contributed by atoms with Gasteiger partial charge in [0.15, 0.2) is 0 Å². The Bertz CT molecular complexity index is 870. The average molecular weight is 391 g/mol. The largest absolute Gasteiger partial charge is 0.497 e. The topological polar surface area (TPSA) is 84.5 Å². The van der Waals surface area contributed by atoms with Crippen molar-refractivity contribution in [2.45, 2.75) is 44.6 Å². The molecule has 1 atom stereocenters. The van der Waals surface area contributed by atoms with Gasteiger partial charge in [0.25, 0.3) is 0 Å². The molecule has 0 bridgehead atoms. The van der Waals surface area contributed by atoms with Crippen LogP contribution in [-0.2, 0) is 27.7 Å². The minimum atomic E-state index is -3.82. The fraction of sp³-hybridized carbons (Fsp3) is 0.350. The van der Waals surface area contributed by atoms with Gasteiger partial charge >= 0.3 is 0 Å². The summed E-state index contributed by atoms with van der Waals surface area (Å²) in [5, 5.41) is 2.89. The van der Waals surface area contributed by atoms with E-state index in [1.165, 1.54) is 26.2 Å². The molecule has 0 aliphatic heterocycles. The maximum atomic E-state index is 12.6. The van der Waals surface area contributed by atoms with Crippen LogP contribution in [0.2, 0.25) is 0 Å². The lowest BCUT2D eigenvalue weighted by atomic mass is 10.0. The minimum absolute atomic E-state index is 0.0751. The first-order chi connectivity index (χ1) is 12.8. The molecule has 2 aromatic carbocycles. The van der Waals surface area contributed by atoms with Crippen molar-refractivity contribution in [2.24, 2.45) is 0 Å². The lowest BCUT2D eigenvalue weighted by Crippen LogP contribution is -2.41. The third-order valence-corrected chi connectivity index (χ3v) is 5.90. The monoisotopic (exact) mass is 390 g/mol. The van der Waals surface area contributed by atoms with Crippen molar-refractivity contribution in [1.29, 1.82) is 0 Å². The number of methoxy groups -OCH3 is 1. The van der Waals surface area contributed by atoms with Crippen LogP contribution in [0.25, 0.3) is 0 Å². The molecule has 0 heterocycles. The number of anilines is 1. The molecular formula is C20H26N2O4S. The van der Waals surface area contributed by atoms with Crippen LogP contribution in [0.4, 0.5) is 5.69 Å². The zero-order valence-corrected chi connectivity index (χ0v) is 16.9. The number of carbonyl (C=O) groups excluding carboxylic acids is 1. The second kappa shape index (κ2) is 9.01. The van der Waals surface area contributed by atoms with Gasteiger partial charge in [-0.3, -0.25) is 4.79 Å². The molecule has 1 amide bonds. The predicted octanol–water partition coefficient (Wildman–Crippen LogP) is 3.13. The molecule has 0 unspecified atom stereocenters. The number of hydrogen-bond acceptors (Lipinski definition) is 4. The smallest absolute Gasteiger partial charge is 0.242 e. The van der Waals surface area contributed by atoms with Crippen molar-refractivity contribution < 1.29 is 17.9 Å². The number of para-hydroxylation sites is 1. The molecule has 2 aromatic rings. The number of benzene rings is 2. The SMILES string of the molecule is CCc1cccc(CC)c1NC(=O)[C@@H](C)NS(=O)(=O)c1ccc(OC)cc1. The van der Waals surface area contributed by atoms with Gasteiger partial charge < -0.3 is 10.1 Å². The number of sulfonamides is 1. The van der Waals surface area contributed by atoms with Crippen LogP contribution in [0.1, 0.15) is 31.9 Å². The summed E-state index contributed by atoms with van der Waals surface area (Å²) >= 11 is 0. The van der Waals surface area contributed by atoms with E-state index in [0.29, 0.717) is 5.75 Å². The maximum absolute atomic E-state index is 12.6. The van der Waals surface area contributed by atoms with Gasteiger partial charge in [-0.05, 0) is 55.2 Å². The van der Waals surface area contributed by atoms with Crippen molar-refractivity contribution in [3.8, 4) is 5.75 Å². The van der Waals surface area contributed by atoms with Crippen molar-refractivity contribution >= 4 is 21.6 Å². The highest BCUT2D eigenvalue weighted by Gasteiger charge is 2.23. The van der Waals surface area contributed by atoms with Gasteiger partial charge in [0, 0.05) is 5.69 Å². The number of rotatable bonds is 8. The number of ether oxygens (including phenoxy) is 1. The molecule has 0 fully saturated rings. The summed E-state index contributed by atoms with van der Waals surface area (Å²) in [6, 6.07) is 11.0. The Kier molecular flexibility index (Phi) is 6.98. The van der Waals surface area contributed by atoms with Crippen LogP contribution < -0.4 is 14.8 Å². The zero-order chi connectivity index (χ0) is 20.0. The van der Waals surface area contributed by atoms with Crippen LogP contribution in [0.15, 0.2) is 47.4 Å². The molecule has 0 aromatic heterocycles. The van der Waals surface area contributed by atoms with Gasteiger partial charge in [0.2, 0.25) is 15.9 Å². The van der Waals surface area contributed by atoms with Gasteiger partial charge in [-0.15, -0.1) is 0 Å². The Morgan fingerprint density at radius 3 is 2.07 bits per heavy atom. The standard InChI is InChI=1S/C20H26N2O4S/c1-5-15-8-7-9-16(6-2)19(15)21-20(23)14(3)22-27(24,25)18-12-10-17(26-4)11-13-18/h7-14,22H,5-6H2,1-4H3,(H,21,23)/t14-/m1/s1. The van der Waals surface area contributed by atoms with Gasteiger partial charge in [-0.25, -0.2) is 8.42 Å². The highest BCUT2D eigenvalue weighted by molar-refractivity contribution is 7.89. The average Bonchev–Trinajstić information content (AvgIpc) is 2.67. The summed E-state index contributed by atoms with van der Waals surface area (Å²) in [6.07, 6.45) is 1.55. The molecule has 0 saturated carbocycles. The molecule has 2 N–H and O–H groups in total. The second-order valence-electron chi connectivity index (χ2n) is 6.17. The summed E-state index contributed by atoms with van der Waals surface area (Å²) < 4.78 is 32.5. The van der Waals surface area contributed by atoms with Crippen LogP contribution in [0, 0.1) is 0 Å². The summed E-state index contributed by atoms with van der Waals surface area (Å²) in [4.78, 5) is 12.7. The van der Waals surface area contributed by atoms with Crippen LogP contribution in [0.5, 0.6) is 5.75 Å². The first-order valence-corrected chi connectivity index (χ1v) is 10.4. The van der Waals surface area contributed by atoms with E-state index in [4.69, 9.17) is 4.74 Å². The number of nitrogens with one attached hydrogen (secondary N) is 2. The Labute approximate surface area is 161 Å². The summed E-state index contributed by atoms with van der Waals surface area (Å²) in [5.74, 6) is 0.158. The van der Waals surface area contributed by atoms with Crippen LogP contribution in [-0.4, -0.2) is 27.5 Å². The number of hydrogen-bond donors (Lipinski definition) is 2. The predicted molar refractivity (Wildman–Crippen MR) is 107 cm³/mol. The Morgan fingerprint density at radius 2 is 1.59 bits per heavy atom. The maximum Gasteiger partial charge on any atom is 0.242 e. The number of amides is 1. The highest BCUT2D eigenvalue weighted by atomic mass is 32.2. The van der Waals surface area contributed by atoms with E-state index in [0.717, 1.165) is 29.7 Å². The van der Waals surface area contributed by atoms with E-state index in [1.807, 2.05) is 32.0 Å². The van der Waals surface area contributed by atoms with Gasteiger partial charge in [-0.1, -0.05) is 32.0 Å². The number of aryl methyl sites for hydroxylation is 2. The first kappa shape index (κ1) is 20.9. The van der Waals surface area contributed by atoms with Crippen molar-refractivity contribution in [3.63, 3.8) is 0 Å². The van der Waals surface area contributed by atoms with E-state index in [9.17, 15) is 13.2 Å². The molecule has 7 heteroatoms. The fourth-order valence-electron chi connectivity index (χ4n) is 2.74. The summed E-state index contributed by atoms with van der Waals surface area (Å²) in [5.41, 5.74) is 2.81. The van der Waals surface area contributed by atoms with E-state index in [2.05, 4.69) is 10.0 Å². The van der Waals surface area contributed by atoms with Crippen molar-refractivity contribution in [2.75, 3.05) is 12.4 Å².